The van der Waals surface area contributed by atoms with Crippen molar-refractivity contribution in [3.63, 3.8) is 0 Å². The lowest BCUT2D eigenvalue weighted by Gasteiger charge is -2.13. The van der Waals surface area contributed by atoms with Crippen molar-refractivity contribution < 1.29 is 8.42 Å². The van der Waals surface area contributed by atoms with Gasteiger partial charge in [-0.15, -0.1) is 0 Å². The van der Waals surface area contributed by atoms with Crippen molar-refractivity contribution in [1.29, 1.82) is 0 Å². The summed E-state index contributed by atoms with van der Waals surface area (Å²) >= 11 is 0. The van der Waals surface area contributed by atoms with Gasteiger partial charge in [0.15, 0.2) is 5.03 Å². The van der Waals surface area contributed by atoms with Gasteiger partial charge in [-0.25, -0.2) is 23.5 Å². The van der Waals surface area contributed by atoms with Crippen LogP contribution in [0.3, 0.4) is 0 Å². The molecule has 0 bridgehead atoms. The Hall–Kier alpha value is -3.10. The molecule has 2 N–H and O–H groups in total. The van der Waals surface area contributed by atoms with Crippen molar-refractivity contribution in [2.75, 3.05) is 0 Å². The highest BCUT2D eigenvalue weighted by Crippen LogP contribution is 2.42. The normalized spacial score (nSPS) is 14.3. The molecule has 0 amide bonds. The Morgan fingerprint density at radius 3 is 2.47 bits per heavy atom. The maximum atomic E-state index is 11.5. The van der Waals surface area contributed by atoms with E-state index in [-0.39, 0.29) is 5.03 Å². The molecule has 8 heteroatoms. The number of imidazole rings is 1. The maximum Gasteiger partial charge on any atom is 0.255 e. The molecule has 3 aromatic heterocycles. The van der Waals surface area contributed by atoms with Crippen LogP contribution in [0.25, 0.3) is 22.2 Å². The molecule has 0 aliphatic heterocycles. The van der Waals surface area contributed by atoms with Gasteiger partial charge in [-0.1, -0.05) is 36.4 Å². The third-order valence-corrected chi connectivity index (χ3v) is 6.26. The van der Waals surface area contributed by atoms with Crippen molar-refractivity contribution in [2.24, 2.45) is 5.14 Å². The van der Waals surface area contributed by atoms with Crippen molar-refractivity contribution >= 4 is 21.1 Å². The van der Waals surface area contributed by atoms with E-state index in [0.29, 0.717) is 12.5 Å². The van der Waals surface area contributed by atoms with Crippen molar-refractivity contribution in [3.8, 4) is 11.1 Å². The van der Waals surface area contributed by atoms with E-state index in [9.17, 15) is 8.42 Å². The molecule has 3 heterocycles. The number of rotatable bonds is 5. The molecule has 30 heavy (non-hydrogen) atoms. The molecular formula is C22H21N5O2S. The molecule has 5 rings (SSSR count). The molecule has 7 nitrogen and oxygen atoms in total. The largest absolute Gasteiger partial charge is 0.323 e. The van der Waals surface area contributed by atoms with Gasteiger partial charge in [0.2, 0.25) is 0 Å². The molecule has 0 radical (unpaired) electrons. The molecule has 1 saturated carbocycles. The summed E-state index contributed by atoms with van der Waals surface area (Å²) in [4.78, 5) is 13.6. The fourth-order valence-corrected chi connectivity index (χ4v) is 4.31. The highest BCUT2D eigenvalue weighted by molar-refractivity contribution is 7.89. The van der Waals surface area contributed by atoms with Crippen LogP contribution in [-0.4, -0.2) is 27.9 Å². The monoisotopic (exact) mass is 419 g/mol. The summed E-state index contributed by atoms with van der Waals surface area (Å²) in [5, 5.41) is 5.05. The lowest BCUT2D eigenvalue weighted by molar-refractivity contribution is 0.594. The van der Waals surface area contributed by atoms with Gasteiger partial charge in [0.1, 0.15) is 11.3 Å². The van der Waals surface area contributed by atoms with Crippen LogP contribution in [-0.2, 0) is 16.6 Å². The lowest BCUT2D eigenvalue weighted by atomic mass is 10.0. The molecule has 4 aromatic rings. The minimum atomic E-state index is -3.81. The van der Waals surface area contributed by atoms with Crippen LogP contribution in [0.5, 0.6) is 0 Å². The number of benzene rings is 1. The van der Waals surface area contributed by atoms with E-state index in [1.165, 1.54) is 6.07 Å². The van der Waals surface area contributed by atoms with E-state index in [0.717, 1.165) is 52.1 Å². The Morgan fingerprint density at radius 2 is 1.83 bits per heavy atom. The van der Waals surface area contributed by atoms with E-state index < -0.39 is 10.0 Å². The fraction of sp³-hybridized carbons (Fsp3) is 0.227. The fourth-order valence-electron chi connectivity index (χ4n) is 3.86. The van der Waals surface area contributed by atoms with Crippen molar-refractivity contribution in [3.05, 3.63) is 71.9 Å². The standard InChI is InChI=1S/C22H21N5O2S/c1-14-20(16-5-3-2-4-6-16)21-18(12-24-14)26-22(17-8-9-17)27(21)13-15-7-10-19(25-11-15)30(23,28)29/h2-7,10-12,17H,8-9,13H2,1H3,(H2,23,28,29). The average Bonchev–Trinajstić information content (AvgIpc) is 3.51. The zero-order valence-corrected chi connectivity index (χ0v) is 17.3. The summed E-state index contributed by atoms with van der Waals surface area (Å²) in [6.07, 6.45) is 5.65. The molecule has 0 saturated heterocycles. The van der Waals surface area contributed by atoms with E-state index in [2.05, 4.69) is 26.7 Å². The number of nitrogens with zero attached hydrogens (tertiary/aromatic N) is 4. The Bertz CT molecular complexity index is 1340. The zero-order valence-electron chi connectivity index (χ0n) is 16.5. The molecule has 0 spiro atoms. The van der Waals surface area contributed by atoms with Crippen LogP contribution in [0, 0.1) is 6.92 Å². The molecule has 0 atom stereocenters. The first-order valence-corrected chi connectivity index (χ1v) is 11.4. The molecule has 1 aliphatic carbocycles. The number of aromatic nitrogens is 4. The number of hydrogen-bond donors (Lipinski definition) is 1. The second-order valence-corrected chi connectivity index (χ2v) is 9.21. The van der Waals surface area contributed by atoms with Gasteiger partial charge < -0.3 is 4.57 Å². The molecule has 1 aliphatic rings. The van der Waals surface area contributed by atoms with Gasteiger partial charge in [-0.05, 0) is 37.0 Å². The highest BCUT2D eigenvalue weighted by atomic mass is 32.2. The van der Waals surface area contributed by atoms with Crippen LogP contribution >= 0.6 is 0 Å². The summed E-state index contributed by atoms with van der Waals surface area (Å²) in [6.45, 7) is 2.56. The van der Waals surface area contributed by atoms with Crippen LogP contribution < -0.4 is 5.14 Å². The Kier molecular flexibility index (Phi) is 4.41. The van der Waals surface area contributed by atoms with E-state index in [1.807, 2.05) is 31.3 Å². The van der Waals surface area contributed by atoms with Gasteiger partial charge in [-0.2, -0.15) is 0 Å². The third-order valence-electron chi connectivity index (χ3n) is 5.44. The smallest absolute Gasteiger partial charge is 0.255 e. The number of hydrogen-bond acceptors (Lipinski definition) is 5. The van der Waals surface area contributed by atoms with Gasteiger partial charge in [0, 0.05) is 23.4 Å². The van der Waals surface area contributed by atoms with Gasteiger partial charge >= 0.3 is 0 Å². The summed E-state index contributed by atoms with van der Waals surface area (Å²) in [6, 6.07) is 13.4. The summed E-state index contributed by atoms with van der Waals surface area (Å²) in [7, 11) is -3.81. The molecule has 1 aromatic carbocycles. The second-order valence-electron chi connectivity index (χ2n) is 7.70. The van der Waals surface area contributed by atoms with Gasteiger partial charge in [0.05, 0.1) is 18.3 Å². The predicted molar refractivity (Wildman–Crippen MR) is 114 cm³/mol. The SMILES string of the molecule is Cc1ncc2nc(C3CC3)n(Cc3ccc(S(N)(=O)=O)nc3)c2c1-c1ccccc1. The highest BCUT2D eigenvalue weighted by Gasteiger charge is 2.31. The van der Waals surface area contributed by atoms with Crippen LogP contribution in [0.15, 0.2) is 59.9 Å². The quantitative estimate of drug-likeness (QED) is 0.534. The molecule has 0 unspecified atom stereocenters. The lowest BCUT2D eigenvalue weighted by Crippen LogP contribution is -2.14. The molecule has 1 fully saturated rings. The average molecular weight is 420 g/mol. The minimum absolute atomic E-state index is 0.130. The first kappa shape index (κ1) is 18.9. The number of primary sulfonamides is 1. The minimum Gasteiger partial charge on any atom is -0.323 e. The summed E-state index contributed by atoms with van der Waals surface area (Å²) in [5.74, 6) is 1.49. The Labute approximate surface area is 174 Å². The molecule has 152 valence electrons. The number of nitrogens with two attached hydrogens (primary N) is 1. The molecular weight excluding hydrogens is 398 g/mol. The van der Waals surface area contributed by atoms with Crippen LogP contribution in [0.2, 0.25) is 0 Å². The number of pyridine rings is 2. The van der Waals surface area contributed by atoms with Crippen LogP contribution in [0.4, 0.5) is 0 Å². The maximum absolute atomic E-state index is 11.5. The number of fused-ring (bicyclic) bond motifs is 1. The van der Waals surface area contributed by atoms with E-state index in [4.69, 9.17) is 10.1 Å². The number of aryl methyl sites for hydroxylation is 1. The van der Waals surface area contributed by atoms with Gasteiger partial charge in [-0.3, -0.25) is 4.98 Å². The van der Waals surface area contributed by atoms with Crippen LogP contribution in [0.1, 0.15) is 35.8 Å². The Morgan fingerprint density at radius 1 is 1.07 bits per heavy atom. The Balaban J connectivity index is 1.68. The van der Waals surface area contributed by atoms with Crippen molar-refractivity contribution in [1.82, 2.24) is 19.5 Å². The summed E-state index contributed by atoms with van der Waals surface area (Å²) < 4.78 is 25.3. The third kappa shape index (κ3) is 3.38. The number of sulfonamides is 1. The second kappa shape index (κ2) is 7.00. The topological polar surface area (TPSA) is 104 Å². The van der Waals surface area contributed by atoms with E-state index >= 15 is 0 Å². The van der Waals surface area contributed by atoms with Gasteiger partial charge in [0.25, 0.3) is 10.0 Å². The first-order chi connectivity index (χ1) is 14.4. The van der Waals surface area contributed by atoms with E-state index in [1.54, 1.807) is 12.3 Å². The first-order valence-electron chi connectivity index (χ1n) is 9.80. The zero-order chi connectivity index (χ0) is 20.9. The van der Waals surface area contributed by atoms with Crippen molar-refractivity contribution in [2.45, 2.75) is 37.3 Å². The summed E-state index contributed by atoms with van der Waals surface area (Å²) in [5.41, 5.74) is 5.92. The predicted octanol–water partition coefficient (Wildman–Crippen LogP) is 3.37.